The number of aromatic carboxylic acids is 1. The number of rotatable bonds is 3. The molecule has 112 valence electrons. The number of carbonyl (C=O) groups is 2. The molecule has 0 unspecified atom stereocenters. The molecule has 0 bridgehead atoms. The Hall–Kier alpha value is -2.89. The van der Waals surface area contributed by atoms with Crippen LogP contribution in [-0.4, -0.2) is 33.6 Å². The lowest BCUT2D eigenvalue weighted by atomic mass is 10.1. The van der Waals surface area contributed by atoms with Gasteiger partial charge in [0.15, 0.2) is 5.69 Å². The SMILES string of the molecule is O=C(O)c1noc2c1CN(C(=O)C=Cc1ccccc1)CC2. The minimum atomic E-state index is -1.14. The molecule has 0 fully saturated rings. The van der Waals surface area contributed by atoms with Gasteiger partial charge in [-0.1, -0.05) is 35.5 Å². The van der Waals surface area contributed by atoms with Gasteiger partial charge < -0.3 is 14.5 Å². The second-order valence-corrected chi connectivity index (χ2v) is 4.99. The highest BCUT2D eigenvalue weighted by Gasteiger charge is 2.28. The summed E-state index contributed by atoms with van der Waals surface area (Å²) >= 11 is 0. The van der Waals surface area contributed by atoms with Crippen molar-refractivity contribution in [1.82, 2.24) is 10.1 Å². The van der Waals surface area contributed by atoms with Crippen molar-refractivity contribution in [3.63, 3.8) is 0 Å². The van der Waals surface area contributed by atoms with E-state index in [-0.39, 0.29) is 18.1 Å². The summed E-state index contributed by atoms with van der Waals surface area (Å²) in [5, 5.41) is 12.6. The van der Waals surface area contributed by atoms with Crippen molar-refractivity contribution in [1.29, 1.82) is 0 Å². The summed E-state index contributed by atoms with van der Waals surface area (Å²) in [5.41, 5.74) is 1.31. The molecule has 0 radical (unpaired) electrons. The number of aromatic nitrogens is 1. The maximum absolute atomic E-state index is 12.2. The number of hydrogen-bond acceptors (Lipinski definition) is 4. The Kier molecular flexibility index (Phi) is 3.74. The van der Waals surface area contributed by atoms with Crippen molar-refractivity contribution in [2.24, 2.45) is 0 Å². The van der Waals surface area contributed by atoms with Crippen LogP contribution in [0.5, 0.6) is 0 Å². The normalized spacial score (nSPS) is 14.1. The van der Waals surface area contributed by atoms with Crippen molar-refractivity contribution in [3.8, 4) is 0 Å². The molecule has 22 heavy (non-hydrogen) atoms. The van der Waals surface area contributed by atoms with E-state index in [4.69, 9.17) is 9.63 Å². The van der Waals surface area contributed by atoms with Crippen LogP contribution in [-0.2, 0) is 17.8 Å². The van der Waals surface area contributed by atoms with E-state index in [0.29, 0.717) is 24.3 Å². The molecule has 6 nitrogen and oxygen atoms in total. The summed E-state index contributed by atoms with van der Waals surface area (Å²) in [6.07, 6.45) is 3.71. The molecule has 6 heteroatoms. The fourth-order valence-electron chi connectivity index (χ4n) is 2.40. The highest BCUT2D eigenvalue weighted by atomic mass is 16.5. The highest BCUT2D eigenvalue weighted by Crippen LogP contribution is 2.22. The molecule has 1 amide bonds. The lowest BCUT2D eigenvalue weighted by Gasteiger charge is -2.24. The number of carbonyl (C=O) groups excluding carboxylic acids is 1. The van der Waals surface area contributed by atoms with E-state index in [2.05, 4.69) is 5.16 Å². The summed E-state index contributed by atoms with van der Waals surface area (Å²) in [6, 6.07) is 9.51. The molecular formula is C16H14N2O4. The molecule has 0 atom stereocenters. The van der Waals surface area contributed by atoms with Crippen LogP contribution in [0, 0.1) is 0 Å². The summed E-state index contributed by atoms with van der Waals surface area (Å²) in [6.45, 7) is 0.692. The number of benzene rings is 1. The molecule has 1 aliphatic heterocycles. The maximum atomic E-state index is 12.2. The van der Waals surface area contributed by atoms with E-state index in [9.17, 15) is 9.59 Å². The van der Waals surface area contributed by atoms with E-state index in [1.54, 1.807) is 11.0 Å². The minimum absolute atomic E-state index is 0.112. The van der Waals surface area contributed by atoms with Crippen LogP contribution in [0.2, 0.25) is 0 Å². The topological polar surface area (TPSA) is 83.6 Å². The lowest BCUT2D eigenvalue weighted by Crippen LogP contribution is -2.35. The van der Waals surface area contributed by atoms with Gasteiger partial charge in [-0.15, -0.1) is 0 Å². The number of amides is 1. The summed E-state index contributed by atoms with van der Waals surface area (Å²) in [7, 11) is 0. The molecule has 1 aromatic heterocycles. The van der Waals surface area contributed by atoms with Gasteiger partial charge in [0, 0.05) is 24.6 Å². The standard InChI is InChI=1S/C16H14N2O4/c19-14(7-6-11-4-2-1-3-5-11)18-9-8-13-12(10-18)15(16(20)21)17-22-13/h1-7H,8-10H2,(H,20,21). The van der Waals surface area contributed by atoms with Gasteiger partial charge >= 0.3 is 5.97 Å². The maximum Gasteiger partial charge on any atom is 0.358 e. The second kappa shape index (κ2) is 5.85. The smallest absolute Gasteiger partial charge is 0.358 e. The number of hydrogen-bond donors (Lipinski definition) is 1. The summed E-state index contributed by atoms with van der Waals surface area (Å²) in [4.78, 5) is 24.9. The number of fused-ring (bicyclic) bond motifs is 1. The van der Waals surface area contributed by atoms with Gasteiger partial charge in [-0.25, -0.2) is 4.79 Å². The van der Waals surface area contributed by atoms with Crippen molar-refractivity contribution < 1.29 is 19.2 Å². The Labute approximate surface area is 126 Å². The van der Waals surface area contributed by atoms with E-state index in [1.165, 1.54) is 6.08 Å². The first kappa shape index (κ1) is 14.1. The van der Waals surface area contributed by atoms with Crippen LogP contribution in [0.4, 0.5) is 0 Å². The third-order valence-corrected chi connectivity index (χ3v) is 3.56. The van der Waals surface area contributed by atoms with Crippen LogP contribution in [0.1, 0.15) is 27.4 Å². The zero-order chi connectivity index (χ0) is 15.5. The Morgan fingerprint density at radius 1 is 1.27 bits per heavy atom. The van der Waals surface area contributed by atoms with E-state index < -0.39 is 5.97 Å². The Morgan fingerprint density at radius 2 is 2.05 bits per heavy atom. The van der Waals surface area contributed by atoms with Gasteiger partial charge in [0.25, 0.3) is 0 Å². The van der Waals surface area contributed by atoms with Gasteiger partial charge in [0.1, 0.15) is 5.76 Å². The number of carboxylic acids is 1. The van der Waals surface area contributed by atoms with E-state index >= 15 is 0 Å². The van der Waals surface area contributed by atoms with Gasteiger partial charge in [-0.2, -0.15) is 0 Å². The molecular weight excluding hydrogens is 284 g/mol. The van der Waals surface area contributed by atoms with Crippen molar-refractivity contribution in [3.05, 3.63) is 59.0 Å². The zero-order valence-corrected chi connectivity index (χ0v) is 11.7. The van der Waals surface area contributed by atoms with E-state index in [1.807, 2.05) is 30.3 Å². The molecule has 1 N–H and O–H groups in total. The zero-order valence-electron chi connectivity index (χ0n) is 11.7. The van der Waals surface area contributed by atoms with Crippen LogP contribution in [0.25, 0.3) is 6.08 Å². The molecule has 0 aliphatic carbocycles. The van der Waals surface area contributed by atoms with Gasteiger partial charge in [0.2, 0.25) is 5.91 Å². The first-order chi connectivity index (χ1) is 10.6. The summed E-state index contributed by atoms with van der Waals surface area (Å²) in [5.74, 6) is -0.750. The Morgan fingerprint density at radius 3 is 2.77 bits per heavy atom. The van der Waals surface area contributed by atoms with Crippen molar-refractivity contribution in [2.75, 3.05) is 6.54 Å². The monoisotopic (exact) mass is 298 g/mol. The van der Waals surface area contributed by atoms with Crippen molar-refractivity contribution >= 4 is 18.0 Å². The lowest BCUT2D eigenvalue weighted by molar-refractivity contribution is -0.126. The molecule has 0 saturated carbocycles. The highest BCUT2D eigenvalue weighted by molar-refractivity contribution is 5.92. The Bertz CT molecular complexity index is 734. The molecule has 2 heterocycles. The largest absolute Gasteiger partial charge is 0.476 e. The number of nitrogens with zero attached hydrogens (tertiary/aromatic N) is 2. The van der Waals surface area contributed by atoms with Gasteiger partial charge in [-0.05, 0) is 11.6 Å². The van der Waals surface area contributed by atoms with Crippen LogP contribution in [0.15, 0.2) is 40.9 Å². The fraction of sp³-hybridized carbons (Fsp3) is 0.188. The average molecular weight is 298 g/mol. The van der Waals surface area contributed by atoms with Crippen LogP contribution in [0.3, 0.4) is 0 Å². The third kappa shape index (κ3) is 2.76. The van der Waals surface area contributed by atoms with E-state index in [0.717, 1.165) is 5.56 Å². The van der Waals surface area contributed by atoms with Crippen LogP contribution >= 0.6 is 0 Å². The minimum Gasteiger partial charge on any atom is -0.476 e. The van der Waals surface area contributed by atoms with Gasteiger partial charge in [0.05, 0.1) is 6.54 Å². The second-order valence-electron chi connectivity index (χ2n) is 4.99. The fourth-order valence-corrected chi connectivity index (χ4v) is 2.40. The first-order valence-electron chi connectivity index (χ1n) is 6.88. The van der Waals surface area contributed by atoms with Gasteiger partial charge in [-0.3, -0.25) is 4.79 Å². The molecule has 2 aromatic rings. The molecule has 3 rings (SSSR count). The predicted octanol–water partition coefficient (Wildman–Crippen LogP) is 1.97. The quantitative estimate of drug-likeness (QED) is 0.876. The first-order valence-corrected chi connectivity index (χ1v) is 6.88. The van der Waals surface area contributed by atoms with Crippen LogP contribution < -0.4 is 0 Å². The van der Waals surface area contributed by atoms with Crippen molar-refractivity contribution in [2.45, 2.75) is 13.0 Å². The predicted molar refractivity (Wildman–Crippen MR) is 78.1 cm³/mol. The molecule has 0 saturated heterocycles. The Balaban J connectivity index is 1.74. The number of carboxylic acid groups (broad SMARTS) is 1. The third-order valence-electron chi connectivity index (χ3n) is 3.56. The molecule has 1 aromatic carbocycles. The summed E-state index contributed by atoms with van der Waals surface area (Å²) < 4.78 is 5.02. The molecule has 0 spiro atoms. The average Bonchev–Trinajstić information content (AvgIpc) is 2.96. The molecule has 1 aliphatic rings.